The van der Waals surface area contributed by atoms with Gasteiger partial charge in [0.25, 0.3) is 15.9 Å². The molecule has 31 heavy (non-hydrogen) atoms. The summed E-state index contributed by atoms with van der Waals surface area (Å²) in [4.78, 5) is 14.5. The summed E-state index contributed by atoms with van der Waals surface area (Å²) in [5, 5.41) is 0. The van der Waals surface area contributed by atoms with E-state index in [1.165, 1.54) is 24.3 Å². The van der Waals surface area contributed by atoms with Gasteiger partial charge in [-0.05, 0) is 74.4 Å². The second kappa shape index (κ2) is 8.14. The quantitative estimate of drug-likeness (QED) is 0.569. The number of nitrogens with zero attached hydrogens (tertiary/aromatic N) is 1. The number of hydrogen-bond donors (Lipinski definition) is 1. The molecule has 0 bridgehead atoms. The van der Waals surface area contributed by atoms with Crippen LogP contribution in [0.2, 0.25) is 0 Å². The summed E-state index contributed by atoms with van der Waals surface area (Å²) < 4.78 is 59.1. The van der Waals surface area contributed by atoms with Crippen molar-refractivity contribution in [2.75, 3.05) is 4.72 Å². The molecule has 1 saturated carbocycles. The summed E-state index contributed by atoms with van der Waals surface area (Å²) in [5.41, 5.74) is 0.597. The highest BCUT2D eigenvalue weighted by Gasteiger charge is 2.37. The van der Waals surface area contributed by atoms with Crippen molar-refractivity contribution in [1.29, 1.82) is 0 Å². The Labute approximate surface area is 178 Å². The van der Waals surface area contributed by atoms with Crippen molar-refractivity contribution < 1.29 is 26.4 Å². The third-order valence-electron chi connectivity index (χ3n) is 5.13. The van der Waals surface area contributed by atoms with E-state index in [9.17, 15) is 22.0 Å². The number of hydrogen-bond acceptors (Lipinski definition) is 4. The minimum atomic E-state index is -4.11. The fraction of sp³-hybridized carbons (Fsp3) is 0.227. The van der Waals surface area contributed by atoms with Gasteiger partial charge in [0.05, 0.1) is 17.2 Å². The van der Waals surface area contributed by atoms with E-state index in [2.05, 4.69) is 4.72 Å². The van der Waals surface area contributed by atoms with Crippen LogP contribution >= 0.6 is 0 Å². The first-order valence-electron chi connectivity index (χ1n) is 9.70. The van der Waals surface area contributed by atoms with Crippen molar-refractivity contribution >= 4 is 21.6 Å². The largest absolute Gasteiger partial charge is 0.467 e. The van der Waals surface area contributed by atoms with Gasteiger partial charge in [0.1, 0.15) is 5.76 Å². The number of rotatable bonds is 7. The van der Waals surface area contributed by atoms with Gasteiger partial charge in [-0.2, -0.15) is 0 Å². The number of nitrogens with one attached hydrogen (secondary N) is 1. The number of carbonyl (C=O) groups excluding carboxylic acids is 1. The number of sulfonamides is 1. The monoisotopic (exact) mass is 446 g/mol. The number of halogens is 2. The van der Waals surface area contributed by atoms with E-state index in [4.69, 9.17) is 4.42 Å². The summed E-state index contributed by atoms with van der Waals surface area (Å²) >= 11 is 0. The molecule has 1 atom stereocenters. The average Bonchev–Trinajstić information content (AvgIpc) is 3.41. The van der Waals surface area contributed by atoms with Crippen LogP contribution < -0.4 is 4.72 Å². The topological polar surface area (TPSA) is 79.6 Å². The van der Waals surface area contributed by atoms with Crippen LogP contribution in [0.4, 0.5) is 14.5 Å². The van der Waals surface area contributed by atoms with Crippen LogP contribution in [0.5, 0.6) is 0 Å². The lowest BCUT2D eigenvalue weighted by Crippen LogP contribution is -2.35. The van der Waals surface area contributed by atoms with Gasteiger partial charge >= 0.3 is 0 Å². The molecule has 6 nitrogen and oxygen atoms in total. The van der Waals surface area contributed by atoms with E-state index in [1.54, 1.807) is 17.2 Å². The molecule has 0 spiro atoms. The van der Waals surface area contributed by atoms with Crippen LogP contribution in [0.3, 0.4) is 0 Å². The first kappa shape index (κ1) is 21.0. The SMILES string of the molecule is CC(c1ccco1)N(C(=O)c1ccc(NS(=O)(=O)c2ccc(F)c(F)c2)cc1)C1CC1. The van der Waals surface area contributed by atoms with Gasteiger partial charge in [-0.3, -0.25) is 9.52 Å². The Morgan fingerprint density at radius 2 is 1.81 bits per heavy atom. The molecule has 4 rings (SSSR count). The number of benzene rings is 2. The zero-order valence-electron chi connectivity index (χ0n) is 16.6. The number of carbonyl (C=O) groups is 1. The molecule has 9 heteroatoms. The molecule has 2 aromatic carbocycles. The van der Waals surface area contributed by atoms with E-state index in [0.717, 1.165) is 25.0 Å². The maximum absolute atomic E-state index is 13.4. The summed E-state index contributed by atoms with van der Waals surface area (Å²) in [6.07, 6.45) is 3.40. The highest BCUT2D eigenvalue weighted by atomic mass is 32.2. The molecule has 0 radical (unpaired) electrons. The van der Waals surface area contributed by atoms with Crippen molar-refractivity contribution in [3.05, 3.63) is 83.8 Å². The molecule has 162 valence electrons. The molecule has 1 aliphatic rings. The molecule has 0 aliphatic heterocycles. The number of furan rings is 1. The maximum Gasteiger partial charge on any atom is 0.261 e. The molecule has 0 saturated heterocycles. The van der Waals surface area contributed by atoms with Gasteiger partial charge in [0.2, 0.25) is 0 Å². The van der Waals surface area contributed by atoms with Crippen LogP contribution in [0.15, 0.2) is 70.2 Å². The smallest absolute Gasteiger partial charge is 0.261 e. The molecule has 1 unspecified atom stereocenters. The van der Waals surface area contributed by atoms with Crippen molar-refractivity contribution in [3.8, 4) is 0 Å². The van der Waals surface area contributed by atoms with Gasteiger partial charge in [0, 0.05) is 17.3 Å². The molecular formula is C22H20F2N2O4S. The molecule has 1 aliphatic carbocycles. The Morgan fingerprint density at radius 1 is 1.10 bits per heavy atom. The van der Waals surface area contributed by atoms with Crippen LogP contribution in [-0.4, -0.2) is 25.3 Å². The van der Waals surface area contributed by atoms with Crippen molar-refractivity contribution in [2.45, 2.75) is 36.7 Å². The van der Waals surface area contributed by atoms with Crippen LogP contribution in [-0.2, 0) is 10.0 Å². The molecule has 1 aromatic heterocycles. The minimum Gasteiger partial charge on any atom is -0.467 e. The van der Waals surface area contributed by atoms with Crippen molar-refractivity contribution in [1.82, 2.24) is 4.90 Å². The Balaban J connectivity index is 1.52. The van der Waals surface area contributed by atoms with Gasteiger partial charge in [-0.1, -0.05) is 0 Å². The normalized spacial score (nSPS) is 14.8. The molecular weight excluding hydrogens is 426 g/mol. The predicted octanol–water partition coefficient (Wildman–Crippen LogP) is 4.72. The second-order valence-corrected chi connectivity index (χ2v) is 9.08. The summed E-state index contributed by atoms with van der Waals surface area (Å²) in [7, 11) is -4.11. The molecule has 1 N–H and O–H groups in total. The van der Waals surface area contributed by atoms with Gasteiger partial charge in [-0.15, -0.1) is 0 Å². The van der Waals surface area contributed by atoms with E-state index < -0.39 is 26.6 Å². The first-order chi connectivity index (χ1) is 14.8. The van der Waals surface area contributed by atoms with Gasteiger partial charge in [-0.25, -0.2) is 17.2 Å². The average molecular weight is 446 g/mol. The lowest BCUT2D eigenvalue weighted by atomic mass is 10.1. The van der Waals surface area contributed by atoms with Crippen LogP contribution in [0.25, 0.3) is 0 Å². The zero-order chi connectivity index (χ0) is 22.2. The Morgan fingerprint density at radius 3 is 2.39 bits per heavy atom. The molecule has 3 aromatic rings. The minimum absolute atomic E-state index is 0.138. The Kier molecular flexibility index (Phi) is 5.53. The fourth-order valence-electron chi connectivity index (χ4n) is 3.36. The number of amides is 1. The van der Waals surface area contributed by atoms with Crippen LogP contribution in [0.1, 0.15) is 41.9 Å². The first-order valence-corrected chi connectivity index (χ1v) is 11.2. The lowest BCUT2D eigenvalue weighted by Gasteiger charge is -2.28. The Hall–Kier alpha value is -3.20. The van der Waals surface area contributed by atoms with Gasteiger partial charge < -0.3 is 9.32 Å². The lowest BCUT2D eigenvalue weighted by molar-refractivity contribution is 0.0652. The zero-order valence-corrected chi connectivity index (χ0v) is 17.4. The highest BCUT2D eigenvalue weighted by Crippen LogP contribution is 2.36. The van der Waals surface area contributed by atoms with E-state index in [-0.39, 0.29) is 23.7 Å². The molecule has 1 heterocycles. The Bertz CT molecular complexity index is 1190. The highest BCUT2D eigenvalue weighted by molar-refractivity contribution is 7.92. The van der Waals surface area contributed by atoms with E-state index in [0.29, 0.717) is 17.4 Å². The van der Waals surface area contributed by atoms with E-state index >= 15 is 0 Å². The second-order valence-electron chi connectivity index (χ2n) is 7.39. The third-order valence-corrected chi connectivity index (χ3v) is 6.51. The number of anilines is 1. The van der Waals surface area contributed by atoms with Gasteiger partial charge in [0.15, 0.2) is 11.6 Å². The van der Waals surface area contributed by atoms with E-state index in [1.807, 2.05) is 13.0 Å². The standard InChI is InChI=1S/C22H20F2N2O4S/c1-14(21-3-2-12-30-21)26(17-8-9-17)22(27)15-4-6-16(7-5-15)25-31(28,29)18-10-11-19(23)20(24)13-18/h2-7,10-14,17,25H,8-9H2,1H3. The van der Waals surface area contributed by atoms with Crippen LogP contribution in [0, 0.1) is 11.6 Å². The fourth-order valence-corrected chi connectivity index (χ4v) is 4.43. The molecule has 1 fully saturated rings. The summed E-state index contributed by atoms with van der Waals surface area (Å²) in [6, 6.07) is 11.8. The predicted molar refractivity (Wildman–Crippen MR) is 110 cm³/mol. The van der Waals surface area contributed by atoms with Crippen molar-refractivity contribution in [3.63, 3.8) is 0 Å². The summed E-state index contributed by atoms with van der Waals surface area (Å²) in [6.45, 7) is 1.90. The third kappa shape index (κ3) is 4.46. The molecule has 1 amide bonds. The van der Waals surface area contributed by atoms with Crippen molar-refractivity contribution in [2.24, 2.45) is 0 Å². The summed E-state index contributed by atoms with van der Waals surface area (Å²) in [5.74, 6) is -1.88. The maximum atomic E-state index is 13.4.